The van der Waals surface area contributed by atoms with E-state index in [0.717, 1.165) is 10.4 Å². The van der Waals surface area contributed by atoms with Crippen LogP contribution in [0, 0.1) is 10.1 Å². The SMILES string of the molecule is O=C(Cc1ccc(NC(=O)c2cccc([N+](=O)[O-])c2)cc1)NCc1cccs1. The molecule has 0 aliphatic carbocycles. The first-order valence-electron chi connectivity index (χ1n) is 8.45. The van der Waals surface area contributed by atoms with Crippen LogP contribution in [0.15, 0.2) is 66.0 Å². The van der Waals surface area contributed by atoms with E-state index in [1.807, 2.05) is 17.5 Å². The molecule has 0 aliphatic heterocycles. The summed E-state index contributed by atoms with van der Waals surface area (Å²) in [5.41, 5.74) is 1.42. The van der Waals surface area contributed by atoms with Crippen molar-refractivity contribution in [2.45, 2.75) is 13.0 Å². The maximum atomic E-state index is 12.3. The third-order valence-corrected chi connectivity index (χ3v) is 4.81. The monoisotopic (exact) mass is 395 g/mol. The molecule has 8 heteroatoms. The average Bonchev–Trinajstić information content (AvgIpc) is 3.21. The number of carbonyl (C=O) groups excluding carboxylic acids is 2. The van der Waals surface area contributed by atoms with Gasteiger partial charge >= 0.3 is 0 Å². The number of nitro benzene ring substituents is 1. The molecule has 2 N–H and O–H groups in total. The van der Waals surface area contributed by atoms with Crippen molar-refractivity contribution < 1.29 is 14.5 Å². The van der Waals surface area contributed by atoms with Gasteiger partial charge in [0.2, 0.25) is 5.91 Å². The average molecular weight is 395 g/mol. The second-order valence-electron chi connectivity index (χ2n) is 5.99. The van der Waals surface area contributed by atoms with Gasteiger partial charge in [0.1, 0.15) is 0 Å². The molecule has 1 heterocycles. The van der Waals surface area contributed by atoms with Gasteiger partial charge in [0.25, 0.3) is 11.6 Å². The molecule has 0 spiro atoms. The number of carbonyl (C=O) groups is 2. The Hall–Kier alpha value is -3.52. The Kier molecular flexibility index (Phi) is 6.13. The third-order valence-electron chi connectivity index (χ3n) is 3.94. The van der Waals surface area contributed by atoms with E-state index >= 15 is 0 Å². The van der Waals surface area contributed by atoms with Crippen LogP contribution in [0.25, 0.3) is 0 Å². The highest BCUT2D eigenvalue weighted by Crippen LogP contribution is 2.16. The molecule has 3 rings (SSSR count). The van der Waals surface area contributed by atoms with Crippen molar-refractivity contribution in [1.82, 2.24) is 5.32 Å². The van der Waals surface area contributed by atoms with Crippen LogP contribution in [0.4, 0.5) is 11.4 Å². The van der Waals surface area contributed by atoms with E-state index in [1.165, 1.54) is 24.3 Å². The first-order valence-corrected chi connectivity index (χ1v) is 9.33. The Labute approximate surface area is 165 Å². The summed E-state index contributed by atoms with van der Waals surface area (Å²) in [4.78, 5) is 35.6. The smallest absolute Gasteiger partial charge is 0.270 e. The van der Waals surface area contributed by atoms with Crippen LogP contribution in [0.3, 0.4) is 0 Å². The fraction of sp³-hybridized carbons (Fsp3) is 0.100. The number of hydrogen-bond donors (Lipinski definition) is 2. The summed E-state index contributed by atoms with van der Waals surface area (Å²) in [5, 5.41) is 18.3. The van der Waals surface area contributed by atoms with Gasteiger partial charge in [-0.15, -0.1) is 11.3 Å². The Balaban J connectivity index is 1.55. The molecule has 0 saturated carbocycles. The van der Waals surface area contributed by atoms with Gasteiger partial charge in [0.15, 0.2) is 0 Å². The summed E-state index contributed by atoms with van der Waals surface area (Å²) >= 11 is 1.59. The molecule has 7 nitrogen and oxygen atoms in total. The molecule has 28 heavy (non-hydrogen) atoms. The van der Waals surface area contributed by atoms with Gasteiger partial charge in [0, 0.05) is 28.3 Å². The lowest BCUT2D eigenvalue weighted by atomic mass is 10.1. The van der Waals surface area contributed by atoms with Crippen molar-refractivity contribution in [2.75, 3.05) is 5.32 Å². The van der Waals surface area contributed by atoms with E-state index in [4.69, 9.17) is 0 Å². The second kappa shape index (κ2) is 8.92. The van der Waals surface area contributed by atoms with Crippen LogP contribution in [0.1, 0.15) is 20.8 Å². The van der Waals surface area contributed by atoms with Crippen LogP contribution in [0.5, 0.6) is 0 Å². The fourth-order valence-electron chi connectivity index (χ4n) is 2.52. The van der Waals surface area contributed by atoms with Gasteiger partial charge in [-0.3, -0.25) is 19.7 Å². The van der Waals surface area contributed by atoms with Gasteiger partial charge in [-0.2, -0.15) is 0 Å². The predicted molar refractivity (Wildman–Crippen MR) is 107 cm³/mol. The van der Waals surface area contributed by atoms with Crippen molar-refractivity contribution in [3.05, 3.63) is 92.2 Å². The molecule has 0 unspecified atom stereocenters. The molecule has 0 fully saturated rings. The molecular weight excluding hydrogens is 378 g/mol. The molecule has 2 amide bonds. The molecule has 0 atom stereocenters. The van der Waals surface area contributed by atoms with Gasteiger partial charge in [-0.25, -0.2) is 0 Å². The minimum Gasteiger partial charge on any atom is -0.351 e. The number of nitrogens with zero attached hydrogens (tertiary/aromatic N) is 1. The number of benzene rings is 2. The molecular formula is C20H17N3O4S. The van der Waals surface area contributed by atoms with Crippen LogP contribution < -0.4 is 10.6 Å². The van der Waals surface area contributed by atoms with E-state index in [1.54, 1.807) is 35.6 Å². The van der Waals surface area contributed by atoms with Gasteiger partial charge in [0.05, 0.1) is 17.9 Å². The van der Waals surface area contributed by atoms with Gasteiger partial charge in [-0.1, -0.05) is 24.3 Å². The molecule has 1 aromatic heterocycles. The van der Waals surface area contributed by atoms with Gasteiger partial charge < -0.3 is 10.6 Å². The zero-order valence-corrected chi connectivity index (χ0v) is 15.6. The van der Waals surface area contributed by atoms with Crippen molar-refractivity contribution in [1.29, 1.82) is 0 Å². The minimum absolute atomic E-state index is 0.0817. The van der Waals surface area contributed by atoms with Gasteiger partial charge in [-0.05, 0) is 35.2 Å². The van der Waals surface area contributed by atoms with E-state index in [-0.39, 0.29) is 23.6 Å². The zero-order valence-electron chi connectivity index (χ0n) is 14.8. The Morgan fingerprint density at radius 3 is 2.50 bits per heavy atom. The molecule has 0 aliphatic rings. The molecule has 2 aromatic carbocycles. The summed E-state index contributed by atoms with van der Waals surface area (Å²) in [6.07, 6.45) is 0.241. The number of anilines is 1. The van der Waals surface area contributed by atoms with Crippen molar-refractivity contribution in [3.63, 3.8) is 0 Å². The lowest BCUT2D eigenvalue weighted by Crippen LogP contribution is -2.24. The predicted octanol–water partition coefficient (Wildman–Crippen LogP) is 3.77. The summed E-state index contributed by atoms with van der Waals surface area (Å²) in [5.74, 6) is -0.521. The maximum absolute atomic E-state index is 12.3. The lowest BCUT2D eigenvalue weighted by Gasteiger charge is -2.07. The van der Waals surface area contributed by atoms with Crippen LogP contribution in [-0.2, 0) is 17.8 Å². The molecule has 0 bridgehead atoms. The van der Waals surface area contributed by atoms with Crippen molar-refractivity contribution in [2.24, 2.45) is 0 Å². The van der Waals surface area contributed by atoms with E-state index in [2.05, 4.69) is 10.6 Å². The molecule has 142 valence electrons. The topological polar surface area (TPSA) is 101 Å². The molecule has 0 saturated heterocycles. The lowest BCUT2D eigenvalue weighted by molar-refractivity contribution is -0.384. The number of hydrogen-bond acceptors (Lipinski definition) is 5. The van der Waals surface area contributed by atoms with Crippen LogP contribution >= 0.6 is 11.3 Å². The number of rotatable bonds is 7. The Morgan fingerprint density at radius 2 is 1.82 bits per heavy atom. The third kappa shape index (κ3) is 5.24. The molecule has 3 aromatic rings. The number of thiophene rings is 1. The van der Waals surface area contributed by atoms with E-state index in [0.29, 0.717) is 12.2 Å². The molecule has 0 radical (unpaired) electrons. The normalized spacial score (nSPS) is 10.3. The van der Waals surface area contributed by atoms with E-state index < -0.39 is 10.8 Å². The number of amides is 2. The van der Waals surface area contributed by atoms with Crippen LogP contribution in [0.2, 0.25) is 0 Å². The summed E-state index contributed by atoms with van der Waals surface area (Å²) in [6, 6.07) is 16.3. The van der Waals surface area contributed by atoms with Crippen molar-refractivity contribution >= 4 is 34.5 Å². The van der Waals surface area contributed by atoms with E-state index in [9.17, 15) is 19.7 Å². The first kappa shape index (κ1) is 19.2. The first-order chi connectivity index (χ1) is 13.5. The highest BCUT2D eigenvalue weighted by Gasteiger charge is 2.12. The summed E-state index contributed by atoms with van der Waals surface area (Å²) in [6.45, 7) is 0.508. The van der Waals surface area contributed by atoms with Crippen molar-refractivity contribution in [3.8, 4) is 0 Å². The number of nitro groups is 1. The largest absolute Gasteiger partial charge is 0.351 e. The second-order valence-corrected chi connectivity index (χ2v) is 7.02. The standard InChI is InChI=1S/C20H17N3O4S/c24-19(21-13-18-5-2-10-28-18)11-14-6-8-16(9-7-14)22-20(25)15-3-1-4-17(12-15)23(26)27/h1-10,12H,11,13H2,(H,21,24)(H,22,25). The maximum Gasteiger partial charge on any atom is 0.270 e. The van der Waals surface area contributed by atoms with Crippen LogP contribution in [-0.4, -0.2) is 16.7 Å². The Bertz CT molecular complexity index is 985. The highest BCUT2D eigenvalue weighted by atomic mass is 32.1. The highest BCUT2D eigenvalue weighted by molar-refractivity contribution is 7.09. The zero-order chi connectivity index (χ0) is 19.9. The number of nitrogens with one attached hydrogen (secondary N) is 2. The summed E-state index contributed by atoms with van der Waals surface area (Å²) in [7, 11) is 0. The number of non-ortho nitro benzene ring substituents is 1. The Morgan fingerprint density at radius 1 is 1.04 bits per heavy atom. The minimum atomic E-state index is -0.547. The summed E-state index contributed by atoms with van der Waals surface area (Å²) < 4.78 is 0. The fourth-order valence-corrected chi connectivity index (χ4v) is 3.16. The quantitative estimate of drug-likeness (QED) is 0.470.